The van der Waals surface area contributed by atoms with Crippen molar-refractivity contribution in [2.24, 2.45) is 0 Å². The number of carbonyl (C=O) groups is 1. The van der Waals surface area contributed by atoms with Crippen LogP contribution >= 0.6 is 11.6 Å². The summed E-state index contributed by atoms with van der Waals surface area (Å²) in [5.74, 6) is 0.0343. The molecule has 3 heterocycles. The molecule has 1 aliphatic heterocycles. The lowest BCUT2D eigenvalue weighted by Gasteiger charge is -2.24. The van der Waals surface area contributed by atoms with E-state index in [0.717, 1.165) is 41.9 Å². The van der Waals surface area contributed by atoms with Crippen molar-refractivity contribution >= 4 is 17.5 Å². The first-order valence-corrected chi connectivity index (χ1v) is 11.4. The summed E-state index contributed by atoms with van der Waals surface area (Å²) in [7, 11) is 0. The molecule has 1 saturated heterocycles. The molecule has 1 unspecified atom stereocenters. The lowest BCUT2D eigenvalue weighted by atomic mass is 10.1. The third-order valence-electron chi connectivity index (χ3n) is 5.93. The molecule has 0 bridgehead atoms. The Morgan fingerprint density at radius 3 is 2.79 bits per heavy atom. The van der Waals surface area contributed by atoms with Crippen molar-refractivity contribution in [2.45, 2.75) is 31.8 Å². The van der Waals surface area contributed by atoms with E-state index in [9.17, 15) is 4.79 Å². The molecular weight excluding hydrogens is 434 g/mol. The smallest absolute Gasteiger partial charge is 0.254 e. The lowest BCUT2D eigenvalue weighted by Crippen LogP contribution is -2.31. The summed E-state index contributed by atoms with van der Waals surface area (Å²) in [5, 5.41) is 0.708. The van der Waals surface area contributed by atoms with E-state index in [4.69, 9.17) is 16.6 Å². The summed E-state index contributed by atoms with van der Waals surface area (Å²) >= 11 is 6.12. The molecular formula is C26H24ClN5O. The van der Waals surface area contributed by atoms with Crippen LogP contribution in [0.4, 0.5) is 0 Å². The molecule has 0 spiro atoms. The molecule has 166 valence electrons. The fourth-order valence-corrected chi connectivity index (χ4v) is 4.61. The number of halogens is 1. The number of imidazole rings is 1. The highest BCUT2D eigenvalue weighted by molar-refractivity contribution is 6.30. The lowest BCUT2D eigenvalue weighted by molar-refractivity contribution is 0.0732. The third-order valence-corrected chi connectivity index (χ3v) is 6.17. The largest absolute Gasteiger partial charge is 0.333 e. The molecule has 5 rings (SSSR count). The molecule has 33 heavy (non-hydrogen) atoms. The third kappa shape index (κ3) is 4.96. The maximum Gasteiger partial charge on any atom is 0.254 e. The fraction of sp³-hybridized carbons (Fsp3) is 0.231. The standard InChI is InChI=1S/C26H24ClN5O/c27-22-7-2-4-19(13-22)14-23-15-29-16-24(30-23)25-8-3-10-32(25)26(33)21-6-1-5-20(12-21)17-31-11-9-28-18-31/h1-2,4-7,9,11-13,15-16,18,25H,3,8,10,14,17H2. The minimum atomic E-state index is -0.0679. The van der Waals surface area contributed by atoms with Crippen molar-refractivity contribution in [1.29, 1.82) is 0 Å². The van der Waals surface area contributed by atoms with Crippen molar-refractivity contribution in [3.63, 3.8) is 0 Å². The number of rotatable bonds is 6. The van der Waals surface area contributed by atoms with Crippen LogP contribution in [-0.2, 0) is 13.0 Å². The van der Waals surface area contributed by atoms with E-state index in [1.54, 1.807) is 24.9 Å². The summed E-state index contributed by atoms with van der Waals surface area (Å²) in [6, 6.07) is 15.5. The highest BCUT2D eigenvalue weighted by Gasteiger charge is 2.32. The quantitative estimate of drug-likeness (QED) is 0.411. The van der Waals surface area contributed by atoms with Crippen LogP contribution in [0.5, 0.6) is 0 Å². The molecule has 1 aliphatic rings. The van der Waals surface area contributed by atoms with E-state index in [1.165, 1.54) is 0 Å². The van der Waals surface area contributed by atoms with Gasteiger partial charge in [0.2, 0.25) is 0 Å². The second kappa shape index (κ2) is 9.55. The minimum Gasteiger partial charge on any atom is -0.333 e. The zero-order chi connectivity index (χ0) is 22.6. The molecule has 2 aromatic heterocycles. The van der Waals surface area contributed by atoms with E-state index < -0.39 is 0 Å². The van der Waals surface area contributed by atoms with Gasteiger partial charge < -0.3 is 9.47 Å². The predicted octanol–water partition coefficient (Wildman–Crippen LogP) is 4.94. The van der Waals surface area contributed by atoms with Crippen LogP contribution in [0, 0.1) is 0 Å². The number of aromatic nitrogens is 4. The van der Waals surface area contributed by atoms with Gasteiger partial charge in [-0.25, -0.2) is 4.98 Å². The van der Waals surface area contributed by atoms with Crippen LogP contribution in [0.3, 0.4) is 0 Å². The minimum absolute atomic E-state index is 0.0343. The Bertz CT molecular complexity index is 1260. The molecule has 0 saturated carbocycles. The summed E-state index contributed by atoms with van der Waals surface area (Å²) in [6.07, 6.45) is 11.5. The molecule has 0 radical (unpaired) electrons. The molecule has 6 nitrogen and oxygen atoms in total. The number of amides is 1. The average molecular weight is 458 g/mol. The van der Waals surface area contributed by atoms with Crippen molar-refractivity contribution in [1.82, 2.24) is 24.4 Å². The summed E-state index contributed by atoms with van der Waals surface area (Å²) in [6.45, 7) is 1.40. The van der Waals surface area contributed by atoms with E-state index in [0.29, 0.717) is 23.6 Å². The van der Waals surface area contributed by atoms with Crippen LogP contribution in [-0.4, -0.2) is 36.9 Å². The van der Waals surface area contributed by atoms with Gasteiger partial charge >= 0.3 is 0 Å². The second-order valence-electron chi connectivity index (χ2n) is 8.33. The van der Waals surface area contributed by atoms with Gasteiger partial charge in [0, 0.05) is 48.7 Å². The summed E-state index contributed by atoms with van der Waals surface area (Å²) < 4.78 is 1.99. The van der Waals surface area contributed by atoms with Gasteiger partial charge in [-0.15, -0.1) is 0 Å². The van der Waals surface area contributed by atoms with Crippen LogP contribution in [0.1, 0.15) is 51.8 Å². The van der Waals surface area contributed by atoms with Crippen LogP contribution in [0.2, 0.25) is 5.02 Å². The SMILES string of the molecule is O=C(c1cccc(Cn2ccnc2)c1)N1CCCC1c1cncc(Cc2cccc(Cl)c2)n1. The Labute approximate surface area is 197 Å². The van der Waals surface area contributed by atoms with Crippen molar-refractivity contribution < 1.29 is 4.79 Å². The highest BCUT2D eigenvalue weighted by atomic mass is 35.5. The highest BCUT2D eigenvalue weighted by Crippen LogP contribution is 2.32. The first-order valence-electron chi connectivity index (χ1n) is 11.1. The van der Waals surface area contributed by atoms with Crippen LogP contribution in [0.25, 0.3) is 0 Å². The topological polar surface area (TPSA) is 63.9 Å². The predicted molar refractivity (Wildman–Crippen MR) is 127 cm³/mol. The first-order chi connectivity index (χ1) is 16.2. The van der Waals surface area contributed by atoms with Gasteiger partial charge in [-0.1, -0.05) is 35.9 Å². The Kier molecular flexibility index (Phi) is 6.17. The molecule has 1 amide bonds. The number of benzene rings is 2. The number of hydrogen-bond donors (Lipinski definition) is 0. The van der Waals surface area contributed by atoms with Gasteiger partial charge in [0.1, 0.15) is 0 Å². The monoisotopic (exact) mass is 457 g/mol. The molecule has 7 heteroatoms. The van der Waals surface area contributed by atoms with E-state index >= 15 is 0 Å². The number of nitrogens with zero attached hydrogens (tertiary/aromatic N) is 5. The number of hydrogen-bond acceptors (Lipinski definition) is 4. The first kappa shape index (κ1) is 21.3. The number of likely N-dealkylation sites (tertiary alicyclic amines) is 1. The van der Waals surface area contributed by atoms with Crippen molar-refractivity contribution in [3.05, 3.63) is 113 Å². The molecule has 4 aromatic rings. The average Bonchev–Trinajstić information content (AvgIpc) is 3.51. The molecule has 0 N–H and O–H groups in total. The zero-order valence-electron chi connectivity index (χ0n) is 18.1. The van der Waals surface area contributed by atoms with Gasteiger partial charge in [-0.3, -0.25) is 14.8 Å². The maximum absolute atomic E-state index is 13.4. The Balaban J connectivity index is 1.34. The van der Waals surface area contributed by atoms with Gasteiger partial charge in [0.15, 0.2) is 0 Å². The Morgan fingerprint density at radius 2 is 1.94 bits per heavy atom. The van der Waals surface area contributed by atoms with Crippen molar-refractivity contribution in [2.75, 3.05) is 6.54 Å². The molecule has 1 fully saturated rings. The summed E-state index contributed by atoms with van der Waals surface area (Å²) in [4.78, 5) is 28.8. The zero-order valence-corrected chi connectivity index (χ0v) is 18.9. The van der Waals surface area contributed by atoms with E-state index in [-0.39, 0.29) is 11.9 Å². The Hall–Kier alpha value is -3.51. The van der Waals surface area contributed by atoms with Gasteiger partial charge in [-0.2, -0.15) is 0 Å². The molecule has 1 atom stereocenters. The molecule has 0 aliphatic carbocycles. The molecule has 2 aromatic carbocycles. The van der Waals surface area contributed by atoms with E-state index in [1.807, 2.05) is 64.2 Å². The normalized spacial score (nSPS) is 15.7. The fourth-order valence-electron chi connectivity index (χ4n) is 4.40. The van der Waals surface area contributed by atoms with Crippen LogP contribution in [0.15, 0.2) is 79.6 Å². The van der Waals surface area contributed by atoms with Gasteiger partial charge in [0.25, 0.3) is 5.91 Å². The summed E-state index contributed by atoms with van der Waals surface area (Å²) in [5.41, 5.74) is 4.56. The van der Waals surface area contributed by atoms with Gasteiger partial charge in [-0.05, 0) is 48.2 Å². The number of carbonyl (C=O) groups excluding carboxylic acids is 1. The van der Waals surface area contributed by atoms with Crippen LogP contribution < -0.4 is 0 Å². The van der Waals surface area contributed by atoms with Gasteiger partial charge in [0.05, 0.1) is 30.0 Å². The Morgan fingerprint density at radius 1 is 1.06 bits per heavy atom. The van der Waals surface area contributed by atoms with Crippen molar-refractivity contribution in [3.8, 4) is 0 Å². The maximum atomic E-state index is 13.4. The van der Waals surface area contributed by atoms with E-state index in [2.05, 4.69) is 9.97 Å². The second-order valence-corrected chi connectivity index (χ2v) is 8.77.